The highest BCUT2D eigenvalue weighted by atomic mass is 32.2. The van der Waals surface area contributed by atoms with Crippen LogP contribution in [0.15, 0.2) is 10.4 Å². The van der Waals surface area contributed by atoms with Gasteiger partial charge < -0.3 is 5.11 Å². The molecule has 0 fully saturated rings. The SMILES string of the molecule is Cc1ncc(S(=O)(=O)NC(CC(=O)O)C(C)(C)C)s1. The molecule has 8 heteroatoms. The molecule has 1 heterocycles. The van der Waals surface area contributed by atoms with Crippen molar-refractivity contribution in [1.82, 2.24) is 9.71 Å². The zero-order valence-electron chi connectivity index (χ0n) is 11.3. The highest BCUT2D eigenvalue weighted by molar-refractivity contribution is 7.91. The number of carbonyl (C=O) groups is 1. The van der Waals surface area contributed by atoms with E-state index >= 15 is 0 Å². The molecule has 1 aromatic heterocycles. The lowest BCUT2D eigenvalue weighted by Gasteiger charge is -2.29. The molecule has 0 saturated carbocycles. The summed E-state index contributed by atoms with van der Waals surface area (Å²) in [6.07, 6.45) is 1.02. The average molecular weight is 306 g/mol. The summed E-state index contributed by atoms with van der Waals surface area (Å²) in [5.74, 6) is -1.04. The topological polar surface area (TPSA) is 96.4 Å². The van der Waals surface area contributed by atoms with Gasteiger partial charge >= 0.3 is 5.97 Å². The van der Waals surface area contributed by atoms with Crippen LogP contribution in [0.3, 0.4) is 0 Å². The summed E-state index contributed by atoms with van der Waals surface area (Å²) in [6.45, 7) is 7.09. The van der Waals surface area contributed by atoms with Crippen LogP contribution in [-0.2, 0) is 14.8 Å². The summed E-state index contributed by atoms with van der Waals surface area (Å²) in [6, 6.07) is -0.683. The minimum atomic E-state index is -3.72. The highest BCUT2D eigenvalue weighted by Gasteiger charge is 2.32. The lowest BCUT2D eigenvalue weighted by molar-refractivity contribution is -0.138. The number of hydrogen-bond acceptors (Lipinski definition) is 5. The van der Waals surface area contributed by atoms with Crippen molar-refractivity contribution in [3.8, 4) is 0 Å². The number of aryl methyl sites for hydroxylation is 1. The standard InChI is InChI=1S/C11H18N2O4S2/c1-7-12-6-10(18-7)19(16,17)13-8(5-9(14)15)11(2,3)4/h6,8,13H,5H2,1-4H3,(H,14,15). The first-order valence-corrected chi connectivity index (χ1v) is 7.99. The van der Waals surface area contributed by atoms with Crippen LogP contribution in [0.25, 0.3) is 0 Å². The Morgan fingerprint density at radius 2 is 2.11 bits per heavy atom. The van der Waals surface area contributed by atoms with Crippen molar-refractivity contribution in [3.05, 3.63) is 11.2 Å². The molecule has 1 unspecified atom stereocenters. The van der Waals surface area contributed by atoms with Crippen molar-refractivity contribution in [2.45, 2.75) is 44.4 Å². The molecular weight excluding hydrogens is 288 g/mol. The molecule has 0 amide bonds. The normalized spacial score (nSPS) is 14.3. The van der Waals surface area contributed by atoms with Gasteiger partial charge in [-0.15, -0.1) is 11.3 Å². The highest BCUT2D eigenvalue weighted by Crippen LogP contribution is 2.25. The van der Waals surface area contributed by atoms with Crippen LogP contribution in [0.5, 0.6) is 0 Å². The molecule has 108 valence electrons. The second kappa shape index (κ2) is 5.56. The van der Waals surface area contributed by atoms with E-state index in [1.54, 1.807) is 27.7 Å². The van der Waals surface area contributed by atoms with Crippen molar-refractivity contribution in [2.75, 3.05) is 0 Å². The summed E-state index contributed by atoms with van der Waals surface area (Å²) in [5, 5.41) is 9.52. The number of rotatable bonds is 5. The van der Waals surface area contributed by atoms with E-state index in [9.17, 15) is 13.2 Å². The summed E-state index contributed by atoms with van der Waals surface area (Å²) < 4.78 is 26.9. The van der Waals surface area contributed by atoms with Gasteiger partial charge in [0.1, 0.15) is 0 Å². The summed E-state index contributed by atoms with van der Waals surface area (Å²) in [4.78, 5) is 14.7. The van der Waals surface area contributed by atoms with Crippen LogP contribution in [-0.4, -0.2) is 30.5 Å². The monoisotopic (exact) mass is 306 g/mol. The molecule has 0 aliphatic rings. The van der Waals surface area contributed by atoms with Gasteiger partial charge in [0.25, 0.3) is 10.0 Å². The van der Waals surface area contributed by atoms with Crippen molar-refractivity contribution < 1.29 is 18.3 Å². The molecule has 0 radical (unpaired) electrons. The molecule has 0 spiro atoms. The number of thiazole rings is 1. The fourth-order valence-electron chi connectivity index (χ4n) is 1.41. The Labute approximate surface area is 116 Å². The number of aromatic nitrogens is 1. The lowest BCUT2D eigenvalue weighted by atomic mass is 9.85. The molecule has 19 heavy (non-hydrogen) atoms. The summed E-state index contributed by atoms with van der Waals surface area (Å²) >= 11 is 1.06. The molecule has 1 atom stereocenters. The zero-order valence-corrected chi connectivity index (χ0v) is 12.9. The molecule has 0 aliphatic carbocycles. The molecule has 0 bridgehead atoms. The van der Waals surface area contributed by atoms with E-state index in [1.165, 1.54) is 6.20 Å². The maximum atomic E-state index is 12.2. The van der Waals surface area contributed by atoms with Crippen LogP contribution in [0.2, 0.25) is 0 Å². The molecule has 6 nitrogen and oxygen atoms in total. The molecule has 1 rings (SSSR count). The molecule has 0 aromatic carbocycles. The minimum absolute atomic E-state index is 0.102. The number of hydrogen-bond donors (Lipinski definition) is 2. The van der Waals surface area contributed by atoms with Crippen molar-refractivity contribution >= 4 is 27.3 Å². The number of nitrogens with zero attached hydrogens (tertiary/aromatic N) is 1. The van der Waals surface area contributed by atoms with Crippen molar-refractivity contribution in [3.63, 3.8) is 0 Å². The molecular formula is C11H18N2O4S2. The van der Waals surface area contributed by atoms with Gasteiger partial charge in [0.15, 0.2) is 4.21 Å². The molecule has 0 aliphatic heterocycles. The fourth-order valence-corrected chi connectivity index (χ4v) is 3.98. The lowest BCUT2D eigenvalue weighted by Crippen LogP contribution is -2.44. The third-order valence-corrected chi connectivity index (χ3v) is 5.43. The van der Waals surface area contributed by atoms with Crippen molar-refractivity contribution in [1.29, 1.82) is 0 Å². The first-order chi connectivity index (χ1) is 8.52. The second-order valence-corrected chi connectivity index (χ2v) is 8.51. The van der Waals surface area contributed by atoms with E-state index in [-0.39, 0.29) is 10.6 Å². The summed E-state index contributed by atoms with van der Waals surface area (Å²) in [7, 11) is -3.72. The Hall–Kier alpha value is -0.990. The maximum Gasteiger partial charge on any atom is 0.304 e. The first kappa shape index (κ1) is 16.1. The number of carboxylic acid groups (broad SMARTS) is 1. The third kappa shape index (κ3) is 4.55. The van der Waals surface area contributed by atoms with Gasteiger partial charge in [0, 0.05) is 6.04 Å². The Morgan fingerprint density at radius 3 is 2.47 bits per heavy atom. The average Bonchev–Trinajstić information content (AvgIpc) is 2.62. The van der Waals surface area contributed by atoms with E-state index in [0.29, 0.717) is 5.01 Å². The Bertz CT molecular complexity index is 557. The third-order valence-electron chi connectivity index (χ3n) is 2.59. The molecule has 1 aromatic rings. The predicted octanol–water partition coefficient (Wildman–Crippen LogP) is 1.62. The first-order valence-electron chi connectivity index (χ1n) is 5.69. The Morgan fingerprint density at radius 1 is 1.53 bits per heavy atom. The summed E-state index contributed by atoms with van der Waals surface area (Å²) in [5.41, 5.74) is -0.495. The quantitative estimate of drug-likeness (QED) is 0.861. The van der Waals surface area contributed by atoms with Crippen LogP contribution < -0.4 is 4.72 Å². The predicted molar refractivity (Wildman–Crippen MR) is 72.7 cm³/mol. The van der Waals surface area contributed by atoms with Gasteiger partial charge in [-0.1, -0.05) is 20.8 Å². The van der Waals surface area contributed by atoms with Gasteiger partial charge in [-0.3, -0.25) is 4.79 Å². The van der Waals surface area contributed by atoms with Gasteiger partial charge in [0.05, 0.1) is 17.6 Å². The van der Waals surface area contributed by atoms with Crippen LogP contribution in [0, 0.1) is 12.3 Å². The fraction of sp³-hybridized carbons (Fsp3) is 0.636. The number of aliphatic carboxylic acids is 1. The van der Waals surface area contributed by atoms with E-state index in [4.69, 9.17) is 5.11 Å². The number of sulfonamides is 1. The zero-order chi connectivity index (χ0) is 14.8. The minimum Gasteiger partial charge on any atom is -0.481 e. The van der Waals surface area contributed by atoms with E-state index in [1.807, 2.05) is 0 Å². The molecule has 2 N–H and O–H groups in total. The smallest absolute Gasteiger partial charge is 0.304 e. The van der Waals surface area contributed by atoms with Gasteiger partial charge in [0.2, 0.25) is 0 Å². The largest absolute Gasteiger partial charge is 0.481 e. The number of nitrogens with one attached hydrogen (secondary N) is 1. The van der Waals surface area contributed by atoms with Crippen LogP contribution >= 0.6 is 11.3 Å². The maximum absolute atomic E-state index is 12.2. The van der Waals surface area contributed by atoms with E-state index < -0.39 is 27.4 Å². The van der Waals surface area contributed by atoms with Gasteiger partial charge in [-0.25, -0.2) is 18.1 Å². The Balaban J connectivity index is 2.99. The van der Waals surface area contributed by atoms with Gasteiger partial charge in [-0.05, 0) is 12.3 Å². The van der Waals surface area contributed by atoms with E-state index in [2.05, 4.69) is 9.71 Å². The Kier molecular flexibility index (Phi) is 4.70. The second-order valence-electron chi connectivity index (χ2n) is 5.34. The van der Waals surface area contributed by atoms with Crippen molar-refractivity contribution in [2.24, 2.45) is 5.41 Å². The number of carboxylic acids is 1. The van der Waals surface area contributed by atoms with Crippen LogP contribution in [0.4, 0.5) is 0 Å². The molecule has 0 saturated heterocycles. The van der Waals surface area contributed by atoms with E-state index in [0.717, 1.165) is 11.3 Å². The van der Waals surface area contributed by atoms with Crippen LogP contribution in [0.1, 0.15) is 32.2 Å². The van der Waals surface area contributed by atoms with Gasteiger partial charge in [-0.2, -0.15) is 0 Å².